The highest BCUT2D eigenvalue weighted by atomic mass is 35.5. The zero-order valence-corrected chi connectivity index (χ0v) is 18.7. The van der Waals surface area contributed by atoms with Gasteiger partial charge in [-0.1, -0.05) is 59.6 Å². The van der Waals surface area contributed by atoms with E-state index >= 15 is 0 Å². The smallest absolute Gasteiger partial charge is 0.185 e. The molecule has 0 amide bonds. The van der Waals surface area contributed by atoms with Crippen LogP contribution in [0.4, 0.5) is 5.69 Å². The van der Waals surface area contributed by atoms with E-state index in [0.717, 1.165) is 11.3 Å². The maximum Gasteiger partial charge on any atom is 0.185 e. The number of anilines is 1. The Bertz CT molecular complexity index is 1340. The third kappa shape index (κ3) is 3.21. The van der Waals surface area contributed by atoms with Gasteiger partial charge in [-0.3, -0.25) is 4.79 Å². The van der Waals surface area contributed by atoms with Gasteiger partial charge in [0.15, 0.2) is 11.2 Å². The molecule has 0 saturated carbocycles. The Kier molecular flexibility index (Phi) is 5.17. The maximum absolute atomic E-state index is 14.0. The fraction of sp³-hybridized carbons (Fsp3) is 0.154. The van der Waals surface area contributed by atoms with Crippen molar-refractivity contribution in [3.63, 3.8) is 0 Å². The van der Waals surface area contributed by atoms with Gasteiger partial charge in [-0.05, 0) is 47.5 Å². The predicted molar refractivity (Wildman–Crippen MR) is 127 cm³/mol. The number of Topliss-reactive ketones (excluding diaryl/α,β-unsaturated/α-hetero) is 1. The van der Waals surface area contributed by atoms with Crippen molar-refractivity contribution in [2.75, 3.05) is 4.90 Å². The predicted octanol–water partition coefficient (Wildman–Crippen LogP) is 5.67. The monoisotopic (exact) mass is 470 g/mol. The van der Waals surface area contributed by atoms with Gasteiger partial charge in [0.2, 0.25) is 0 Å². The summed E-state index contributed by atoms with van der Waals surface area (Å²) in [5.41, 5.74) is 1.26. The molecule has 7 heteroatoms. The van der Waals surface area contributed by atoms with Crippen LogP contribution in [-0.4, -0.2) is 22.9 Å². The molecule has 5 rings (SSSR count). The van der Waals surface area contributed by atoms with Gasteiger partial charge in [0.05, 0.1) is 18.2 Å². The summed E-state index contributed by atoms with van der Waals surface area (Å²) in [5, 5.41) is 21.6. The summed E-state index contributed by atoms with van der Waals surface area (Å²) in [6.45, 7) is 0. The molecule has 33 heavy (non-hydrogen) atoms. The lowest BCUT2D eigenvalue weighted by Crippen LogP contribution is -2.44. The van der Waals surface area contributed by atoms with Crippen molar-refractivity contribution in [3.8, 4) is 12.1 Å². The molecule has 2 aromatic carbocycles. The highest BCUT2D eigenvalue weighted by Crippen LogP contribution is 2.55. The number of nitrogens with zero attached hydrogens (tertiary/aromatic N) is 4. The quantitative estimate of drug-likeness (QED) is 0.363. The second-order valence-electron chi connectivity index (χ2n) is 8.07. The molecule has 3 heterocycles. The molecule has 0 N–H and O–H groups in total. The maximum atomic E-state index is 14.0. The Balaban J connectivity index is 1.78. The summed E-state index contributed by atoms with van der Waals surface area (Å²) in [7, 11) is 0. The van der Waals surface area contributed by atoms with E-state index in [4.69, 9.17) is 23.2 Å². The van der Waals surface area contributed by atoms with Gasteiger partial charge >= 0.3 is 0 Å². The van der Waals surface area contributed by atoms with Gasteiger partial charge in [0.25, 0.3) is 0 Å². The van der Waals surface area contributed by atoms with E-state index in [9.17, 15) is 15.3 Å². The zero-order valence-electron chi connectivity index (χ0n) is 17.2. The third-order valence-corrected chi connectivity index (χ3v) is 6.90. The number of halogens is 2. The first-order chi connectivity index (χ1) is 16.0. The van der Waals surface area contributed by atoms with Crippen LogP contribution in [0.5, 0.6) is 0 Å². The number of para-hydroxylation sites is 1. The highest BCUT2D eigenvalue weighted by Gasteiger charge is 2.63. The number of carbonyl (C=O) groups excluding carboxylic acids is 1. The van der Waals surface area contributed by atoms with Gasteiger partial charge in [-0.25, -0.2) is 4.98 Å². The summed E-state index contributed by atoms with van der Waals surface area (Å²) < 4.78 is 0. The van der Waals surface area contributed by atoms with Gasteiger partial charge in [-0.2, -0.15) is 10.5 Å². The first-order valence-corrected chi connectivity index (χ1v) is 11.0. The Hall–Kier alpha value is -3.64. The molecule has 160 valence electrons. The SMILES string of the molecule is N#CC1(C#N)C(c2ccc(Cl)nc2)C(C(=O)c2ccc(Cl)cc2)N2c3ccccc3C=CC21. The number of carbonyl (C=O) groups is 1. The molecule has 2 aliphatic rings. The van der Waals surface area contributed by atoms with Crippen molar-refractivity contribution in [3.05, 3.63) is 99.8 Å². The fourth-order valence-corrected chi connectivity index (χ4v) is 5.20. The normalized spacial score (nSPS) is 22.1. The number of hydrogen-bond donors (Lipinski definition) is 0. The van der Waals surface area contributed by atoms with Crippen LogP contribution in [0.3, 0.4) is 0 Å². The van der Waals surface area contributed by atoms with Crippen molar-refractivity contribution >= 4 is 40.7 Å². The number of aromatic nitrogens is 1. The fourth-order valence-electron chi connectivity index (χ4n) is 4.96. The highest BCUT2D eigenvalue weighted by molar-refractivity contribution is 6.30. The molecule has 5 nitrogen and oxygen atoms in total. The van der Waals surface area contributed by atoms with Crippen LogP contribution in [0.2, 0.25) is 10.2 Å². The molecule has 0 spiro atoms. The minimum atomic E-state index is -1.52. The summed E-state index contributed by atoms with van der Waals surface area (Å²) in [4.78, 5) is 20.1. The molecule has 3 atom stereocenters. The van der Waals surface area contributed by atoms with Crippen LogP contribution in [0.1, 0.15) is 27.4 Å². The molecule has 1 aromatic heterocycles. The lowest BCUT2D eigenvalue weighted by molar-refractivity contribution is 0.0951. The van der Waals surface area contributed by atoms with Crippen molar-refractivity contribution in [1.82, 2.24) is 4.98 Å². The number of fused-ring (bicyclic) bond motifs is 3. The first kappa shape index (κ1) is 21.2. The van der Waals surface area contributed by atoms with Crippen molar-refractivity contribution in [2.45, 2.75) is 18.0 Å². The van der Waals surface area contributed by atoms with Crippen LogP contribution >= 0.6 is 23.2 Å². The van der Waals surface area contributed by atoms with Crippen molar-refractivity contribution in [2.24, 2.45) is 5.41 Å². The van der Waals surface area contributed by atoms with Gasteiger partial charge < -0.3 is 4.90 Å². The number of ketones is 1. The Morgan fingerprint density at radius 1 is 1.00 bits per heavy atom. The largest absolute Gasteiger partial charge is 0.351 e. The molecule has 2 aliphatic heterocycles. The number of benzene rings is 2. The number of pyridine rings is 1. The minimum absolute atomic E-state index is 0.200. The lowest BCUT2D eigenvalue weighted by atomic mass is 9.69. The molecule has 3 unspecified atom stereocenters. The Morgan fingerprint density at radius 3 is 2.39 bits per heavy atom. The molecule has 1 saturated heterocycles. The third-order valence-electron chi connectivity index (χ3n) is 6.42. The van der Waals surface area contributed by atoms with Crippen LogP contribution < -0.4 is 4.90 Å². The van der Waals surface area contributed by atoms with Crippen LogP contribution in [-0.2, 0) is 0 Å². The zero-order chi connectivity index (χ0) is 23.2. The molecule has 0 bridgehead atoms. The first-order valence-electron chi connectivity index (χ1n) is 10.3. The van der Waals surface area contributed by atoms with E-state index < -0.39 is 23.4 Å². The van der Waals surface area contributed by atoms with Crippen molar-refractivity contribution in [1.29, 1.82) is 10.5 Å². The van der Waals surface area contributed by atoms with E-state index in [-0.39, 0.29) is 5.78 Å². The van der Waals surface area contributed by atoms with Crippen LogP contribution in [0, 0.1) is 28.1 Å². The summed E-state index contributed by atoms with van der Waals surface area (Å²) >= 11 is 12.1. The van der Waals surface area contributed by atoms with E-state index in [2.05, 4.69) is 17.1 Å². The summed E-state index contributed by atoms with van der Waals surface area (Å²) in [6.07, 6.45) is 5.30. The Morgan fingerprint density at radius 2 is 1.73 bits per heavy atom. The number of hydrogen-bond acceptors (Lipinski definition) is 5. The summed E-state index contributed by atoms with van der Waals surface area (Å²) in [5.74, 6) is -0.963. The second kappa shape index (κ2) is 8.05. The molecular weight excluding hydrogens is 455 g/mol. The molecular formula is C26H16Cl2N4O. The van der Waals surface area contributed by atoms with E-state index in [0.29, 0.717) is 21.3 Å². The van der Waals surface area contributed by atoms with Gasteiger partial charge in [0.1, 0.15) is 11.2 Å². The topological polar surface area (TPSA) is 80.8 Å². The van der Waals surface area contributed by atoms with E-state index in [1.165, 1.54) is 0 Å². The minimum Gasteiger partial charge on any atom is -0.351 e. The Labute approximate surface area is 201 Å². The van der Waals surface area contributed by atoms with Gasteiger partial charge in [-0.15, -0.1) is 0 Å². The molecule has 0 aliphatic carbocycles. The molecule has 0 radical (unpaired) electrons. The standard InChI is InChI=1S/C26H16Cl2N4O/c27-19-9-5-17(6-10-19)25(33)24-23(18-8-12-22(28)31-13-18)26(14-29,15-30)21-11-7-16-3-1-2-4-20(16)32(21)24/h1-13,21,23-24H. The number of nitriles is 2. The van der Waals surface area contributed by atoms with Crippen LogP contribution in [0.25, 0.3) is 6.08 Å². The van der Waals surface area contributed by atoms with Crippen molar-refractivity contribution < 1.29 is 4.79 Å². The van der Waals surface area contributed by atoms with Crippen LogP contribution in [0.15, 0.2) is 72.9 Å². The van der Waals surface area contributed by atoms with E-state index in [1.807, 2.05) is 41.3 Å². The molecule has 1 fully saturated rings. The average molecular weight is 471 g/mol. The molecule has 3 aromatic rings. The number of rotatable bonds is 3. The second-order valence-corrected chi connectivity index (χ2v) is 8.89. The van der Waals surface area contributed by atoms with Gasteiger partial charge in [0, 0.05) is 28.4 Å². The average Bonchev–Trinajstić information content (AvgIpc) is 3.15. The van der Waals surface area contributed by atoms with E-state index in [1.54, 1.807) is 42.6 Å². The summed E-state index contributed by atoms with van der Waals surface area (Å²) in [6, 6.07) is 20.8. The lowest BCUT2D eigenvalue weighted by Gasteiger charge is -2.35.